The van der Waals surface area contributed by atoms with Gasteiger partial charge in [-0.15, -0.1) is 24.0 Å². The summed E-state index contributed by atoms with van der Waals surface area (Å²) in [6.07, 6.45) is 0.898. The van der Waals surface area contributed by atoms with Crippen LogP contribution in [0.3, 0.4) is 0 Å². The van der Waals surface area contributed by atoms with Gasteiger partial charge in [-0.2, -0.15) is 4.37 Å². The molecule has 2 fully saturated rings. The van der Waals surface area contributed by atoms with Gasteiger partial charge in [0.05, 0.1) is 19.8 Å². The number of piperazine rings is 1. The molecule has 3 heterocycles. The number of morpholine rings is 1. The zero-order chi connectivity index (χ0) is 19.1. The van der Waals surface area contributed by atoms with E-state index in [2.05, 4.69) is 50.1 Å². The summed E-state index contributed by atoms with van der Waals surface area (Å²) in [6, 6.07) is 0.442. The molecule has 1 N–H and O–H groups in total. The van der Waals surface area contributed by atoms with Crippen molar-refractivity contribution in [2.45, 2.75) is 33.2 Å². The Hall–Kier alpha value is -0.720. The van der Waals surface area contributed by atoms with Gasteiger partial charge in [0.25, 0.3) is 0 Å². The number of nitrogens with one attached hydrogen (secondary N) is 1. The van der Waals surface area contributed by atoms with E-state index in [4.69, 9.17) is 9.73 Å². The molecule has 0 amide bonds. The summed E-state index contributed by atoms with van der Waals surface area (Å²) in [7, 11) is 0. The molecule has 1 atom stereocenters. The molecule has 0 bridgehead atoms. The van der Waals surface area contributed by atoms with Crippen LogP contribution in [-0.2, 0) is 11.2 Å². The minimum Gasteiger partial charge on any atom is -0.379 e. The van der Waals surface area contributed by atoms with Gasteiger partial charge in [-0.25, -0.2) is 4.98 Å². The van der Waals surface area contributed by atoms with E-state index in [0.717, 1.165) is 88.9 Å². The SMILES string of the molecule is CCNC(=NCC(C)N1CCOCC1)N1CCN(c2nc(CC)ns2)CC1.I. The Labute approximate surface area is 189 Å². The first-order valence-electron chi connectivity index (χ1n) is 10.1. The number of aromatic nitrogens is 2. The van der Waals surface area contributed by atoms with Gasteiger partial charge in [0, 0.05) is 69.8 Å². The third kappa shape index (κ3) is 6.39. The number of ether oxygens (including phenoxy) is 1. The van der Waals surface area contributed by atoms with Crippen molar-refractivity contribution in [3.63, 3.8) is 0 Å². The lowest BCUT2D eigenvalue weighted by Crippen LogP contribution is -2.53. The highest BCUT2D eigenvalue weighted by Gasteiger charge is 2.23. The second-order valence-electron chi connectivity index (χ2n) is 7.01. The van der Waals surface area contributed by atoms with Gasteiger partial charge in [0.2, 0.25) is 5.13 Å². The lowest BCUT2D eigenvalue weighted by atomic mass is 10.2. The Morgan fingerprint density at radius 1 is 1.18 bits per heavy atom. The molecule has 3 rings (SSSR count). The van der Waals surface area contributed by atoms with Crippen LogP contribution in [0.1, 0.15) is 26.6 Å². The molecule has 8 nitrogen and oxygen atoms in total. The van der Waals surface area contributed by atoms with Crippen LogP contribution in [-0.4, -0.2) is 96.7 Å². The van der Waals surface area contributed by atoms with Gasteiger partial charge in [-0.3, -0.25) is 9.89 Å². The molecule has 0 spiro atoms. The van der Waals surface area contributed by atoms with Crippen molar-refractivity contribution in [1.82, 2.24) is 24.5 Å². The van der Waals surface area contributed by atoms with Crippen molar-refractivity contribution in [3.8, 4) is 0 Å². The molecule has 0 aromatic carbocycles. The van der Waals surface area contributed by atoms with Crippen molar-refractivity contribution < 1.29 is 4.74 Å². The van der Waals surface area contributed by atoms with Crippen LogP contribution in [0.2, 0.25) is 0 Å². The highest BCUT2D eigenvalue weighted by atomic mass is 127. The number of guanidine groups is 1. The van der Waals surface area contributed by atoms with Crippen LogP contribution in [0, 0.1) is 0 Å². The summed E-state index contributed by atoms with van der Waals surface area (Å²) in [5.74, 6) is 1.98. The van der Waals surface area contributed by atoms with E-state index in [-0.39, 0.29) is 24.0 Å². The largest absolute Gasteiger partial charge is 0.379 e. The van der Waals surface area contributed by atoms with E-state index in [0.29, 0.717) is 6.04 Å². The topological polar surface area (TPSA) is 69.1 Å². The van der Waals surface area contributed by atoms with Crippen LogP contribution in [0.25, 0.3) is 0 Å². The van der Waals surface area contributed by atoms with Crippen molar-refractivity contribution >= 4 is 46.6 Å². The number of rotatable bonds is 6. The number of nitrogens with zero attached hydrogens (tertiary/aromatic N) is 6. The number of anilines is 1. The summed E-state index contributed by atoms with van der Waals surface area (Å²) in [5.41, 5.74) is 0. The van der Waals surface area contributed by atoms with Crippen LogP contribution in [0.15, 0.2) is 4.99 Å². The summed E-state index contributed by atoms with van der Waals surface area (Å²) in [4.78, 5) is 16.7. The normalized spacial score (nSPS) is 20.0. The lowest BCUT2D eigenvalue weighted by Gasteiger charge is -2.36. The summed E-state index contributed by atoms with van der Waals surface area (Å²) in [5, 5.41) is 4.52. The standard InChI is InChI=1S/C18H33N7OS.HI/c1-4-16-21-18(27-22-16)25-8-6-24(7-9-25)17(19-5-2)20-14-15(3)23-10-12-26-13-11-23;/h15H,4-14H2,1-3H3,(H,19,20);1H. The van der Waals surface area contributed by atoms with Crippen LogP contribution in [0.4, 0.5) is 5.13 Å². The fourth-order valence-electron chi connectivity index (χ4n) is 3.40. The van der Waals surface area contributed by atoms with Gasteiger partial charge >= 0.3 is 0 Å². The molecule has 1 aromatic rings. The van der Waals surface area contributed by atoms with E-state index in [1.54, 1.807) is 0 Å². The summed E-state index contributed by atoms with van der Waals surface area (Å²) < 4.78 is 9.87. The second kappa shape index (κ2) is 12.1. The first kappa shape index (κ1) is 23.6. The average molecular weight is 523 g/mol. The Morgan fingerprint density at radius 2 is 1.89 bits per heavy atom. The zero-order valence-electron chi connectivity index (χ0n) is 17.3. The van der Waals surface area contributed by atoms with E-state index in [9.17, 15) is 0 Å². The van der Waals surface area contributed by atoms with E-state index >= 15 is 0 Å². The Balaban J connectivity index is 0.00000280. The molecular weight excluding hydrogens is 489 g/mol. The molecular formula is C18H34IN7OS. The third-order valence-electron chi connectivity index (χ3n) is 5.13. The third-order valence-corrected chi connectivity index (χ3v) is 5.95. The Morgan fingerprint density at radius 3 is 2.50 bits per heavy atom. The van der Waals surface area contributed by atoms with Crippen LogP contribution in [0.5, 0.6) is 0 Å². The monoisotopic (exact) mass is 523 g/mol. The molecule has 1 unspecified atom stereocenters. The quantitative estimate of drug-likeness (QED) is 0.345. The van der Waals surface area contributed by atoms with E-state index in [1.165, 1.54) is 11.5 Å². The zero-order valence-corrected chi connectivity index (χ0v) is 20.4. The van der Waals surface area contributed by atoms with Crippen molar-refractivity contribution in [3.05, 3.63) is 5.82 Å². The van der Waals surface area contributed by atoms with Crippen molar-refractivity contribution in [1.29, 1.82) is 0 Å². The maximum atomic E-state index is 5.45. The first-order valence-corrected chi connectivity index (χ1v) is 10.9. The van der Waals surface area contributed by atoms with Gasteiger partial charge in [0.1, 0.15) is 5.82 Å². The fraction of sp³-hybridized carbons (Fsp3) is 0.833. The van der Waals surface area contributed by atoms with Gasteiger partial charge in [-0.05, 0) is 13.8 Å². The Bertz CT molecular complexity index is 601. The predicted octanol–water partition coefficient (Wildman–Crippen LogP) is 1.53. The fourth-order valence-corrected chi connectivity index (χ4v) is 4.21. The van der Waals surface area contributed by atoms with Gasteiger partial charge in [0.15, 0.2) is 5.96 Å². The molecule has 10 heteroatoms. The summed E-state index contributed by atoms with van der Waals surface area (Å²) >= 11 is 1.52. The molecule has 2 aliphatic heterocycles. The average Bonchev–Trinajstić information content (AvgIpc) is 3.21. The maximum Gasteiger partial charge on any atom is 0.205 e. The van der Waals surface area contributed by atoms with Crippen molar-refractivity contribution in [2.24, 2.45) is 4.99 Å². The number of hydrogen-bond donors (Lipinski definition) is 1. The van der Waals surface area contributed by atoms with Gasteiger partial charge < -0.3 is 19.9 Å². The number of hydrogen-bond acceptors (Lipinski definition) is 7. The minimum atomic E-state index is 0. The van der Waals surface area contributed by atoms with Gasteiger partial charge in [-0.1, -0.05) is 6.92 Å². The molecule has 28 heavy (non-hydrogen) atoms. The maximum absolute atomic E-state index is 5.45. The lowest BCUT2D eigenvalue weighted by molar-refractivity contribution is 0.0220. The molecule has 0 radical (unpaired) electrons. The number of halogens is 1. The smallest absolute Gasteiger partial charge is 0.205 e. The first-order chi connectivity index (χ1) is 13.2. The molecule has 0 saturated carbocycles. The minimum absolute atomic E-state index is 0. The van der Waals surface area contributed by atoms with Crippen LogP contribution < -0.4 is 10.2 Å². The molecule has 0 aliphatic carbocycles. The molecule has 1 aromatic heterocycles. The summed E-state index contributed by atoms with van der Waals surface area (Å²) in [6.45, 7) is 15.7. The van der Waals surface area contributed by atoms with E-state index in [1.807, 2.05) is 0 Å². The molecule has 160 valence electrons. The second-order valence-corrected chi connectivity index (χ2v) is 7.74. The van der Waals surface area contributed by atoms with E-state index < -0.39 is 0 Å². The predicted molar refractivity (Wildman–Crippen MR) is 126 cm³/mol. The highest BCUT2D eigenvalue weighted by Crippen LogP contribution is 2.19. The number of aliphatic imine (C=N–C) groups is 1. The van der Waals surface area contributed by atoms with Crippen molar-refractivity contribution in [2.75, 3.05) is 70.5 Å². The number of aryl methyl sites for hydroxylation is 1. The highest BCUT2D eigenvalue weighted by molar-refractivity contribution is 14.0. The van der Waals surface area contributed by atoms with Crippen LogP contribution >= 0.6 is 35.5 Å². The molecule has 2 saturated heterocycles. The molecule has 2 aliphatic rings. The Kier molecular flexibility index (Phi) is 10.2.